The summed E-state index contributed by atoms with van der Waals surface area (Å²) in [4.78, 5) is 10.4. The third kappa shape index (κ3) is 4.88. The van der Waals surface area contributed by atoms with E-state index in [4.69, 9.17) is 9.97 Å². The van der Waals surface area contributed by atoms with Gasteiger partial charge in [0.1, 0.15) is 0 Å². The molecule has 4 heteroatoms. The molecule has 0 fully saturated rings. The van der Waals surface area contributed by atoms with Crippen molar-refractivity contribution in [2.45, 2.75) is 0 Å². The van der Waals surface area contributed by atoms with Crippen molar-refractivity contribution >= 4 is 65.3 Å². The Morgan fingerprint density at radius 2 is 0.828 bits per heavy atom. The van der Waals surface area contributed by atoms with E-state index >= 15 is 0 Å². The van der Waals surface area contributed by atoms with Gasteiger partial charge in [0.15, 0.2) is 5.82 Å². The summed E-state index contributed by atoms with van der Waals surface area (Å²) in [6.07, 6.45) is 0. The molecule has 0 aliphatic carbocycles. The van der Waals surface area contributed by atoms with Gasteiger partial charge in [-0.2, -0.15) is 0 Å². The lowest BCUT2D eigenvalue weighted by Gasteiger charge is -2.13. The van der Waals surface area contributed by atoms with Gasteiger partial charge in [0.05, 0.1) is 33.3 Å². The Bertz CT molecular complexity index is 3540. The average molecular weight is 739 g/mol. The van der Waals surface area contributed by atoms with Crippen molar-refractivity contribution in [2.75, 3.05) is 0 Å². The highest BCUT2D eigenvalue weighted by molar-refractivity contribution is 6.22. The van der Waals surface area contributed by atoms with Crippen molar-refractivity contribution in [1.29, 1.82) is 0 Å². The van der Waals surface area contributed by atoms with Crippen LogP contribution in [0.25, 0.3) is 110 Å². The van der Waals surface area contributed by atoms with Crippen molar-refractivity contribution in [2.24, 2.45) is 0 Å². The number of para-hydroxylation sites is 3. The molecule has 0 radical (unpaired) electrons. The van der Waals surface area contributed by atoms with E-state index in [1.165, 1.54) is 54.7 Å². The first-order valence-electron chi connectivity index (χ1n) is 19.8. The quantitative estimate of drug-likeness (QED) is 0.165. The summed E-state index contributed by atoms with van der Waals surface area (Å²) in [5, 5.41) is 8.30. The van der Waals surface area contributed by atoms with E-state index in [0.29, 0.717) is 0 Å². The van der Waals surface area contributed by atoms with E-state index in [1.807, 2.05) is 18.2 Å². The van der Waals surface area contributed by atoms with Crippen LogP contribution in [-0.2, 0) is 0 Å². The first-order valence-corrected chi connectivity index (χ1v) is 19.8. The summed E-state index contributed by atoms with van der Waals surface area (Å²) in [6, 6.07) is 73.8. The van der Waals surface area contributed by atoms with Gasteiger partial charge >= 0.3 is 0 Å². The van der Waals surface area contributed by atoms with Crippen molar-refractivity contribution in [3.05, 3.63) is 206 Å². The fraction of sp³-hybridized carbons (Fsp3) is 0. The van der Waals surface area contributed by atoms with Crippen LogP contribution >= 0.6 is 0 Å². The molecule has 0 saturated heterocycles. The highest BCUT2D eigenvalue weighted by atomic mass is 15.0. The second-order valence-corrected chi connectivity index (χ2v) is 14.9. The monoisotopic (exact) mass is 738 g/mol. The third-order valence-electron chi connectivity index (χ3n) is 11.7. The normalized spacial score (nSPS) is 11.8. The molecule has 0 aliphatic rings. The van der Waals surface area contributed by atoms with Gasteiger partial charge in [-0.15, -0.1) is 0 Å². The Hall–Kier alpha value is -7.82. The first kappa shape index (κ1) is 32.4. The van der Waals surface area contributed by atoms with Gasteiger partial charge in [-0.05, 0) is 71.1 Å². The van der Waals surface area contributed by atoms with Crippen LogP contribution < -0.4 is 0 Å². The molecule has 9 aromatic carbocycles. The third-order valence-corrected chi connectivity index (χ3v) is 11.7. The highest BCUT2D eigenvalue weighted by Crippen LogP contribution is 2.44. The van der Waals surface area contributed by atoms with Crippen LogP contribution in [0.1, 0.15) is 0 Å². The molecular formula is C54H34N4. The molecule has 12 rings (SSSR count). The van der Waals surface area contributed by atoms with E-state index < -0.39 is 0 Å². The Kier molecular flexibility index (Phi) is 7.20. The smallest absolute Gasteiger partial charge is 0.160 e. The van der Waals surface area contributed by atoms with E-state index in [-0.39, 0.29) is 0 Å². The number of benzene rings is 9. The summed E-state index contributed by atoms with van der Waals surface area (Å²) in [5.74, 6) is 0.723. The largest absolute Gasteiger partial charge is 0.309 e. The number of hydrogen-bond acceptors (Lipinski definition) is 2. The van der Waals surface area contributed by atoms with Crippen molar-refractivity contribution < 1.29 is 0 Å². The summed E-state index contributed by atoms with van der Waals surface area (Å²) in [5.41, 5.74) is 13.4. The van der Waals surface area contributed by atoms with Gasteiger partial charge in [0, 0.05) is 54.8 Å². The van der Waals surface area contributed by atoms with E-state index in [9.17, 15) is 0 Å². The standard InChI is InChI=1S/C54H34N4/c1-3-16-37(17-4-1)54-55-52(45-34-31-35-15-7-8-20-40(35)53(45)56-54)36-29-32-39(33-30-36)58-47-26-12-10-22-44(47)51-42(24-14-28-49(51)58)41-23-13-27-48-50(41)43-21-9-11-25-46(43)57(48)38-18-5-2-6-19-38/h1-34H. The highest BCUT2D eigenvalue weighted by Gasteiger charge is 2.21. The van der Waals surface area contributed by atoms with E-state index in [2.05, 4.69) is 197 Å². The average Bonchev–Trinajstić information content (AvgIpc) is 3.83. The van der Waals surface area contributed by atoms with Crippen LogP contribution in [0.5, 0.6) is 0 Å². The predicted molar refractivity (Wildman–Crippen MR) is 242 cm³/mol. The summed E-state index contributed by atoms with van der Waals surface area (Å²) >= 11 is 0. The minimum atomic E-state index is 0.723. The maximum Gasteiger partial charge on any atom is 0.160 e. The Labute approximate surface area is 334 Å². The van der Waals surface area contributed by atoms with Gasteiger partial charge in [-0.25, -0.2) is 9.97 Å². The molecule has 0 N–H and O–H groups in total. The number of fused-ring (bicyclic) bond motifs is 9. The first-order chi connectivity index (χ1) is 28.8. The fourth-order valence-electron chi connectivity index (χ4n) is 9.19. The van der Waals surface area contributed by atoms with Crippen LogP contribution in [0.2, 0.25) is 0 Å². The lowest BCUT2D eigenvalue weighted by molar-refractivity contribution is 1.18. The molecule has 0 atom stereocenters. The number of rotatable bonds is 5. The fourth-order valence-corrected chi connectivity index (χ4v) is 9.19. The summed E-state index contributed by atoms with van der Waals surface area (Å²) in [6.45, 7) is 0. The Morgan fingerprint density at radius 1 is 0.310 bits per heavy atom. The van der Waals surface area contributed by atoms with Crippen molar-refractivity contribution in [3.63, 3.8) is 0 Å². The molecule has 0 spiro atoms. The summed E-state index contributed by atoms with van der Waals surface area (Å²) in [7, 11) is 0. The molecule has 270 valence electrons. The molecule has 12 aromatic rings. The van der Waals surface area contributed by atoms with Crippen LogP contribution in [0.3, 0.4) is 0 Å². The topological polar surface area (TPSA) is 35.6 Å². The number of nitrogens with zero attached hydrogens (tertiary/aromatic N) is 4. The Balaban J connectivity index is 1.06. The van der Waals surface area contributed by atoms with Gasteiger partial charge in [0.2, 0.25) is 0 Å². The lowest BCUT2D eigenvalue weighted by Crippen LogP contribution is -1.97. The zero-order valence-electron chi connectivity index (χ0n) is 31.4. The molecule has 3 heterocycles. The second kappa shape index (κ2) is 12.9. The van der Waals surface area contributed by atoms with Crippen LogP contribution in [0.4, 0.5) is 0 Å². The molecule has 3 aromatic heterocycles. The second-order valence-electron chi connectivity index (χ2n) is 14.9. The van der Waals surface area contributed by atoms with Gasteiger partial charge in [-0.1, -0.05) is 152 Å². The molecule has 58 heavy (non-hydrogen) atoms. The molecule has 0 bridgehead atoms. The molecular weight excluding hydrogens is 705 g/mol. The van der Waals surface area contributed by atoms with Crippen LogP contribution in [0.15, 0.2) is 206 Å². The van der Waals surface area contributed by atoms with E-state index in [1.54, 1.807) is 0 Å². The SMILES string of the molecule is c1ccc(-c2nc(-c3ccc(-n4c5ccccc5c5c(-c6cccc7c6c6ccccc6n7-c6ccccc6)cccc54)cc3)c3ccc4ccccc4c3n2)cc1. The summed E-state index contributed by atoms with van der Waals surface area (Å²) < 4.78 is 4.80. The maximum atomic E-state index is 5.23. The maximum absolute atomic E-state index is 5.23. The molecule has 0 amide bonds. The molecule has 0 unspecified atom stereocenters. The Morgan fingerprint density at radius 3 is 1.47 bits per heavy atom. The van der Waals surface area contributed by atoms with Crippen molar-refractivity contribution in [1.82, 2.24) is 19.1 Å². The molecule has 0 saturated carbocycles. The van der Waals surface area contributed by atoms with Gasteiger partial charge < -0.3 is 9.13 Å². The zero-order chi connectivity index (χ0) is 38.2. The zero-order valence-corrected chi connectivity index (χ0v) is 31.4. The van der Waals surface area contributed by atoms with Gasteiger partial charge in [-0.3, -0.25) is 0 Å². The van der Waals surface area contributed by atoms with Gasteiger partial charge in [0.25, 0.3) is 0 Å². The van der Waals surface area contributed by atoms with E-state index in [0.717, 1.165) is 55.7 Å². The number of hydrogen-bond donors (Lipinski definition) is 0. The molecule has 4 nitrogen and oxygen atoms in total. The molecule has 0 aliphatic heterocycles. The van der Waals surface area contributed by atoms with Crippen molar-refractivity contribution in [3.8, 4) is 45.1 Å². The van der Waals surface area contributed by atoms with Crippen LogP contribution in [0, 0.1) is 0 Å². The van der Waals surface area contributed by atoms with Crippen LogP contribution in [-0.4, -0.2) is 19.1 Å². The predicted octanol–water partition coefficient (Wildman–Crippen LogP) is 14.0. The number of aromatic nitrogens is 4. The minimum Gasteiger partial charge on any atom is -0.309 e. The lowest BCUT2D eigenvalue weighted by atomic mass is 9.95. The minimum absolute atomic E-state index is 0.723.